The first-order valence-corrected chi connectivity index (χ1v) is 6.84. The lowest BCUT2D eigenvalue weighted by Gasteiger charge is -2.33. The van der Waals surface area contributed by atoms with Crippen molar-refractivity contribution in [3.8, 4) is 0 Å². The van der Waals surface area contributed by atoms with Crippen molar-refractivity contribution in [2.45, 2.75) is 46.8 Å². The van der Waals surface area contributed by atoms with Crippen LogP contribution in [-0.4, -0.2) is 28.2 Å². The second-order valence-electron chi connectivity index (χ2n) is 6.20. The smallest absolute Gasteiger partial charge is 0.242 e. The van der Waals surface area contributed by atoms with Crippen molar-refractivity contribution in [3.63, 3.8) is 0 Å². The molecule has 1 aromatic heterocycles. The number of rotatable bonds is 6. The molecule has 1 rings (SSSR count). The fourth-order valence-electron chi connectivity index (χ4n) is 2.21. The lowest BCUT2D eigenvalue weighted by molar-refractivity contribution is -0.124. The number of aliphatic hydroxyl groups is 1. The van der Waals surface area contributed by atoms with Crippen molar-refractivity contribution in [2.24, 2.45) is 11.3 Å². The summed E-state index contributed by atoms with van der Waals surface area (Å²) in [4.78, 5) is 12.1. The molecule has 2 atom stereocenters. The van der Waals surface area contributed by atoms with E-state index in [1.165, 1.54) is 0 Å². The van der Waals surface area contributed by atoms with Gasteiger partial charge in [0.2, 0.25) is 5.91 Å². The molecule has 2 unspecified atom stereocenters. The molecular weight excluding hydrogens is 240 g/mol. The normalized spacial score (nSPS) is 15.3. The summed E-state index contributed by atoms with van der Waals surface area (Å²) in [7, 11) is 0. The maximum Gasteiger partial charge on any atom is 0.242 e. The first-order valence-electron chi connectivity index (χ1n) is 6.84. The Bertz CT molecular complexity index is 396. The largest absolute Gasteiger partial charge is 0.392 e. The van der Waals surface area contributed by atoms with Gasteiger partial charge in [-0.3, -0.25) is 4.79 Å². The molecule has 0 bridgehead atoms. The quantitative estimate of drug-likeness (QED) is 0.829. The van der Waals surface area contributed by atoms with Crippen LogP contribution in [0.4, 0.5) is 0 Å². The summed E-state index contributed by atoms with van der Waals surface area (Å²) in [5, 5.41) is 13.1. The number of nitrogens with one attached hydrogen (secondary N) is 1. The Hall–Kier alpha value is -1.29. The van der Waals surface area contributed by atoms with E-state index in [1.54, 1.807) is 0 Å². The Morgan fingerprint density at radius 3 is 2.26 bits per heavy atom. The van der Waals surface area contributed by atoms with Crippen LogP contribution in [-0.2, 0) is 4.79 Å². The summed E-state index contributed by atoms with van der Waals surface area (Å²) in [6, 6.07) is 3.56. The summed E-state index contributed by atoms with van der Waals surface area (Å²) < 4.78 is 1.86. The van der Waals surface area contributed by atoms with Gasteiger partial charge in [0, 0.05) is 24.4 Å². The number of amides is 1. The molecule has 0 fully saturated rings. The van der Waals surface area contributed by atoms with Crippen LogP contribution in [0.3, 0.4) is 0 Å². The van der Waals surface area contributed by atoms with Crippen LogP contribution in [0.1, 0.15) is 40.7 Å². The minimum atomic E-state index is -0.435. The zero-order valence-corrected chi connectivity index (χ0v) is 12.6. The molecule has 2 N–H and O–H groups in total. The zero-order chi connectivity index (χ0) is 14.6. The van der Waals surface area contributed by atoms with Crippen LogP contribution in [0.25, 0.3) is 0 Å². The first-order chi connectivity index (χ1) is 8.75. The zero-order valence-electron chi connectivity index (χ0n) is 12.6. The molecule has 0 saturated heterocycles. The van der Waals surface area contributed by atoms with E-state index in [1.807, 2.05) is 63.7 Å². The van der Waals surface area contributed by atoms with Gasteiger partial charge in [0.1, 0.15) is 6.04 Å². The van der Waals surface area contributed by atoms with Crippen molar-refractivity contribution in [1.82, 2.24) is 9.88 Å². The first kappa shape index (κ1) is 15.8. The molecule has 1 aromatic rings. The SMILES string of the molecule is CC(C)C(O)C(C)(C)CNC(=O)C(C)n1cccc1. The van der Waals surface area contributed by atoms with Crippen molar-refractivity contribution in [3.05, 3.63) is 24.5 Å². The Labute approximate surface area is 115 Å². The maximum atomic E-state index is 12.1. The second-order valence-corrected chi connectivity index (χ2v) is 6.20. The average Bonchev–Trinajstić information content (AvgIpc) is 2.87. The standard InChI is InChI=1S/C15H26N2O2/c1-11(2)13(18)15(4,5)10-16-14(19)12(3)17-8-6-7-9-17/h6-9,11-13,18H,10H2,1-5H3,(H,16,19). The molecule has 0 aromatic carbocycles. The Kier molecular flexibility index (Phi) is 5.18. The van der Waals surface area contributed by atoms with E-state index in [4.69, 9.17) is 0 Å². The van der Waals surface area contributed by atoms with E-state index >= 15 is 0 Å². The van der Waals surface area contributed by atoms with Gasteiger partial charge in [0.05, 0.1) is 6.10 Å². The average molecular weight is 266 g/mol. The fraction of sp³-hybridized carbons (Fsp3) is 0.667. The van der Waals surface area contributed by atoms with Gasteiger partial charge in [-0.25, -0.2) is 0 Å². The van der Waals surface area contributed by atoms with Crippen molar-refractivity contribution < 1.29 is 9.90 Å². The van der Waals surface area contributed by atoms with Crippen LogP contribution >= 0.6 is 0 Å². The molecule has 4 heteroatoms. The summed E-state index contributed by atoms with van der Waals surface area (Å²) in [6.45, 7) is 10.2. The number of hydrogen-bond acceptors (Lipinski definition) is 2. The van der Waals surface area contributed by atoms with E-state index < -0.39 is 6.10 Å². The highest BCUT2D eigenvalue weighted by Crippen LogP contribution is 2.25. The molecule has 0 aliphatic carbocycles. The van der Waals surface area contributed by atoms with E-state index in [0.717, 1.165) is 0 Å². The number of carbonyl (C=O) groups is 1. The van der Waals surface area contributed by atoms with Gasteiger partial charge >= 0.3 is 0 Å². The molecule has 0 aliphatic heterocycles. The summed E-state index contributed by atoms with van der Waals surface area (Å²) in [5.74, 6) is 0.147. The van der Waals surface area contributed by atoms with Crippen molar-refractivity contribution >= 4 is 5.91 Å². The van der Waals surface area contributed by atoms with Crippen LogP contribution < -0.4 is 5.32 Å². The third-order valence-electron chi connectivity index (χ3n) is 3.60. The van der Waals surface area contributed by atoms with Crippen molar-refractivity contribution in [1.29, 1.82) is 0 Å². The highest BCUT2D eigenvalue weighted by Gasteiger charge is 2.31. The van der Waals surface area contributed by atoms with Crippen LogP contribution in [0.15, 0.2) is 24.5 Å². The number of aromatic nitrogens is 1. The Morgan fingerprint density at radius 2 is 1.79 bits per heavy atom. The van der Waals surface area contributed by atoms with E-state index in [2.05, 4.69) is 5.32 Å². The van der Waals surface area contributed by atoms with E-state index in [0.29, 0.717) is 6.54 Å². The number of carbonyl (C=O) groups excluding carboxylic acids is 1. The second kappa shape index (κ2) is 6.24. The van der Waals surface area contributed by atoms with E-state index in [-0.39, 0.29) is 23.3 Å². The van der Waals surface area contributed by atoms with Crippen LogP contribution in [0, 0.1) is 11.3 Å². The number of hydrogen-bond donors (Lipinski definition) is 2. The predicted octanol–water partition coefficient (Wildman–Crippen LogP) is 2.21. The minimum absolute atomic E-state index is 0.0276. The molecule has 0 aliphatic rings. The van der Waals surface area contributed by atoms with Crippen LogP contribution in [0.5, 0.6) is 0 Å². The molecule has 4 nitrogen and oxygen atoms in total. The highest BCUT2D eigenvalue weighted by molar-refractivity contribution is 5.79. The van der Waals surface area contributed by atoms with Gasteiger partial charge in [-0.05, 0) is 25.0 Å². The van der Waals surface area contributed by atoms with Gasteiger partial charge < -0.3 is 15.0 Å². The lowest BCUT2D eigenvalue weighted by Crippen LogP contribution is -2.44. The van der Waals surface area contributed by atoms with E-state index in [9.17, 15) is 9.90 Å². The van der Waals surface area contributed by atoms with Gasteiger partial charge in [-0.2, -0.15) is 0 Å². The van der Waals surface area contributed by atoms with Gasteiger partial charge in [0.25, 0.3) is 0 Å². The molecule has 0 spiro atoms. The molecule has 1 heterocycles. The fourth-order valence-corrected chi connectivity index (χ4v) is 2.21. The molecule has 19 heavy (non-hydrogen) atoms. The summed E-state index contributed by atoms with van der Waals surface area (Å²) in [5.41, 5.74) is -0.333. The third kappa shape index (κ3) is 4.10. The lowest BCUT2D eigenvalue weighted by atomic mass is 9.80. The minimum Gasteiger partial charge on any atom is -0.392 e. The maximum absolute atomic E-state index is 12.1. The van der Waals surface area contributed by atoms with Crippen LogP contribution in [0.2, 0.25) is 0 Å². The van der Waals surface area contributed by atoms with Gasteiger partial charge in [0.15, 0.2) is 0 Å². The Morgan fingerprint density at radius 1 is 1.26 bits per heavy atom. The molecule has 1 amide bonds. The topological polar surface area (TPSA) is 54.3 Å². The monoisotopic (exact) mass is 266 g/mol. The summed E-state index contributed by atoms with van der Waals surface area (Å²) >= 11 is 0. The third-order valence-corrected chi connectivity index (χ3v) is 3.60. The number of aliphatic hydroxyl groups excluding tert-OH is 1. The predicted molar refractivity (Wildman–Crippen MR) is 76.8 cm³/mol. The Balaban J connectivity index is 2.54. The van der Waals surface area contributed by atoms with Crippen molar-refractivity contribution in [2.75, 3.05) is 6.54 Å². The molecule has 0 saturated carbocycles. The highest BCUT2D eigenvalue weighted by atomic mass is 16.3. The van der Waals surface area contributed by atoms with Gasteiger partial charge in [-0.1, -0.05) is 27.7 Å². The summed E-state index contributed by atoms with van der Waals surface area (Å²) in [6.07, 6.45) is 3.31. The molecule has 0 radical (unpaired) electrons. The molecule has 108 valence electrons. The van der Waals surface area contributed by atoms with Gasteiger partial charge in [-0.15, -0.1) is 0 Å². The number of nitrogens with zero attached hydrogens (tertiary/aromatic N) is 1. The molecular formula is C15H26N2O2.